The Morgan fingerprint density at radius 2 is 1.43 bits per heavy atom. The summed E-state index contributed by atoms with van der Waals surface area (Å²) in [4.78, 5) is 4.07. The Kier molecular flexibility index (Phi) is 10.6. The van der Waals surface area contributed by atoms with Crippen molar-refractivity contribution >= 4 is 0 Å². The molecule has 0 amide bonds. The van der Waals surface area contributed by atoms with Crippen LogP contribution in [-0.2, 0) is 13.0 Å². The molecule has 0 aliphatic carbocycles. The molecule has 0 saturated carbocycles. The van der Waals surface area contributed by atoms with Gasteiger partial charge in [-0.05, 0) is 41.0 Å². The van der Waals surface area contributed by atoms with Crippen LogP contribution in [0.25, 0.3) is 0 Å². The molecule has 0 bridgehead atoms. The molecule has 0 N–H and O–H groups in total. The molecule has 23 heavy (non-hydrogen) atoms. The van der Waals surface area contributed by atoms with Crippen LogP contribution in [0.4, 0.5) is 0 Å². The van der Waals surface area contributed by atoms with Crippen molar-refractivity contribution in [2.45, 2.75) is 69.4 Å². The van der Waals surface area contributed by atoms with E-state index >= 15 is 0 Å². The molecule has 0 radical (unpaired) electrons. The molecule has 0 fully saturated rings. The molecule has 2 aromatic rings. The number of hydrogen-bond donors (Lipinski definition) is 0. The van der Waals surface area contributed by atoms with Crippen molar-refractivity contribution in [2.75, 3.05) is 0 Å². The number of nitrogens with zero attached hydrogens (tertiary/aromatic N) is 2. The first kappa shape index (κ1) is 23.7. The fraction of sp³-hybridized carbons (Fsp3) is 0.571. The lowest BCUT2D eigenvalue weighted by atomic mass is 9.89. The van der Waals surface area contributed by atoms with Gasteiger partial charge in [0.2, 0.25) is 0 Å². The Balaban J connectivity index is 0. The molecule has 2 nitrogen and oxygen atoms in total. The van der Waals surface area contributed by atoms with Gasteiger partial charge in [0.1, 0.15) is 0 Å². The zero-order chi connectivity index (χ0) is 15.9. The highest BCUT2D eigenvalue weighted by Gasteiger charge is 2.10. The Morgan fingerprint density at radius 3 is 1.83 bits per heavy atom. The van der Waals surface area contributed by atoms with E-state index in [-0.39, 0.29) is 14.9 Å². The molecule has 0 atom stereocenters. The lowest BCUT2D eigenvalue weighted by Crippen LogP contribution is -2.13. The van der Waals surface area contributed by atoms with Crippen LogP contribution in [0.3, 0.4) is 0 Å². The van der Waals surface area contributed by atoms with Gasteiger partial charge in [0, 0.05) is 31.3 Å². The van der Waals surface area contributed by atoms with E-state index in [2.05, 4.69) is 81.7 Å². The molecule has 2 aromatic heterocycles. The third-order valence-corrected chi connectivity index (χ3v) is 2.78. The monoisotopic (exact) mass is 318 g/mol. The SMILES string of the molecule is C.C.CC(C)(C)Cc1cccnc1.CC(C)(C)Cn1cccc1. The molecule has 0 unspecified atom stereocenters. The molecule has 0 aromatic carbocycles. The average Bonchev–Trinajstić information content (AvgIpc) is 2.79. The minimum atomic E-state index is 0. The van der Waals surface area contributed by atoms with Crippen molar-refractivity contribution in [3.8, 4) is 0 Å². The highest BCUT2D eigenvalue weighted by Crippen LogP contribution is 2.19. The summed E-state index contributed by atoms with van der Waals surface area (Å²) in [6.07, 6.45) is 9.05. The predicted octanol–water partition coefficient (Wildman–Crippen LogP) is 6.48. The van der Waals surface area contributed by atoms with Gasteiger partial charge in [0.05, 0.1) is 0 Å². The topological polar surface area (TPSA) is 17.8 Å². The summed E-state index contributed by atoms with van der Waals surface area (Å²) in [6.45, 7) is 14.5. The smallest absolute Gasteiger partial charge is 0.0300 e. The van der Waals surface area contributed by atoms with Crippen LogP contribution in [0.15, 0.2) is 49.1 Å². The maximum Gasteiger partial charge on any atom is 0.0300 e. The van der Waals surface area contributed by atoms with Gasteiger partial charge in [-0.2, -0.15) is 0 Å². The van der Waals surface area contributed by atoms with Crippen LogP contribution in [0.5, 0.6) is 0 Å². The molecule has 2 rings (SSSR count). The molecule has 0 aliphatic heterocycles. The fourth-order valence-electron chi connectivity index (χ4n) is 2.14. The molecular formula is C21H38N2. The first-order chi connectivity index (χ1) is 9.66. The lowest BCUT2D eigenvalue weighted by Gasteiger charge is -2.18. The second-order valence-electron chi connectivity index (χ2n) is 8.01. The van der Waals surface area contributed by atoms with E-state index in [9.17, 15) is 0 Å². The summed E-state index contributed by atoms with van der Waals surface area (Å²) in [6, 6.07) is 8.23. The van der Waals surface area contributed by atoms with E-state index in [0.29, 0.717) is 10.8 Å². The Bertz CT molecular complexity index is 485. The van der Waals surface area contributed by atoms with Crippen LogP contribution < -0.4 is 0 Å². The third kappa shape index (κ3) is 12.6. The molecule has 0 spiro atoms. The van der Waals surface area contributed by atoms with Gasteiger partial charge in [0.15, 0.2) is 0 Å². The predicted molar refractivity (Wildman–Crippen MR) is 105 cm³/mol. The van der Waals surface area contributed by atoms with E-state index in [1.807, 2.05) is 18.5 Å². The number of pyridine rings is 1. The number of aromatic nitrogens is 2. The Hall–Kier alpha value is -1.57. The summed E-state index contributed by atoms with van der Waals surface area (Å²) in [5.41, 5.74) is 2.07. The van der Waals surface area contributed by atoms with Crippen molar-refractivity contribution in [1.29, 1.82) is 0 Å². The van der Waals surface area contributed by atoms with Crippen LogP contribution in [0, 0.1) is 10.8 Å². The molecule has 132 valence electrons. The summed E-state index contributed by atoms with van der Waals surface area (Å²) in [5.74, 6) is 0. The highest BCUT2D eigenvalue weighted by molar-refractivity contribution is 5.09. The van der Waals surface area contributed by atoms with Gasteiger partial charge < -0.3 is 4.57 Å². The Morgan fingerprint density at radius 1 is 0.870 bits per heavy atom. The normalized spacial score (nSPS) is 10.7. The second kappa shape index (κ2) is 10.3. The summed E-state index contributed by atoms with van der Waals surface area (Å²) >= 11 is 0. The van der Waals surface area contributed by atoms with Crippen molar-refractivity contribution in [1.82, 2.24) is 9.55 Å². The molecule has 2 heterocycles. The summed E-state index contributed by atoms with van der Waals surface area (Å²) in [5, 5.41) is 0. The van der Waals surface area contributed by atoms with Gasteiger partial charge in [-0.25, -0.2) is 0 Å². The van der Waals surface area contributed by atoms with Crippen LogP contribution in [0.1, 0.15) is 62.0 Å². The van der Waals surface area contributed by atoms with Gasteiger partial charge >= 0.3 is 0 Å². The second-order valence-corrected chi connectivity index (χ2v) is 8.01. The molecular weight excluding hydrogens is 280 g/mol. The van der Waals surface area contributed by atoms with Gasteiger partial charge in [0.25, 0.3) is 0 Å². The number of hydrogen-bond acceptors (Lipinski definition) is 1. The summed E-state index contributed by atoms with van der Waals surface area (Å²) in [7, 11) is 0. The quantitative estimate of drug-likeness (QED) is 0.620. The van der Waals surface area contributed by atoms with E-state index in [4.69, 9.17) is 0 Å². The van der Waals surface area contributed by atoms with Gasteiger partial charge in [-0.1, -0.05) is 62.5 Å². The molecule has 2 heteroatoms. The highest BCUT2D eigenvalue weighted by atomic mass is 14.9. The zero-order valence-electron chi connectivity index (χ0n) is 14.4. The fourth-order valence-corrected chi connectivity index (χ4v) is 2.14. The van der Waals surface area contributed by atoms with Crippen LogP contribution in [0.2, 0.25) is 0 Å². The van der Waals surface area contributed by atoms with Gasteiger partial charge in [-0.3, -0.25) is 4.98 Å². The van der Waals surface area contributed by atoms with E-state index < -0.39 is 0 Å². The standard InChI is InChI=1S/C10H15N.C9H15N.2CH4/c1-10(2,3)7-9-5-4-6-11-8-9;1-9(2,3)8-10-6-4-5-7-10;;/h4-6,8H,7H2,1-3H3;4-7H,8H2,1-3H3;2*1H4. The number of rotatable bonds is 2. The van der Waals surface area contributed by atoms with Crippen molar-refractivity contribution in [3.05, 3.63) is 54.6 Å². The van der Waals surface area contributed by atoms with E-state index in [1.165, 1.54) is 5.56 Å². The third-order valence-electron chi connectivity index (χ3n) is 2.78. The summed E-state index contributed by atoms with van der Waals surface area (Å²) < 4.78 is 2.21. The Labute approximate surface area is 145 Å². The maximum atomic E-state index is 4.07. The van der Waals surface area contributed by atoms with Gasteiger partial charge in [-0.15, -0.1) is 0 Å². The largest absolute Gasteiger partial charge is 0.354 e. The van der Waals surface area contributed by atoms with E-state index in [1.54, 1.807) is 0 Å². The first-order valence-electron chi connectivity index (χ1n) is 7.65. The van der Waals surface area contributed by atoms with Crippen molar-refractivity contribution in [3.63, 3.8) is 0 Å². The van der Waals surface area contributed by atoms with Crippen molar-refractivity contribution in [2.24, 2.45) is 10.8 Å². The van der Waals surface area contributed by atoms with Crippen LogP contribution in [-0.4, -0.2) is 9.55 Å². The molecule has 0 saturated heterocycles. The first-order valence-corrected chi connectivity index (χ1v) is 7.65. The van der Waals surface area contributed by atoms with E-state index in [0.717, 1.165) is 13.0 Å². The maximum absolute atomic E-state index is 4.07. The lowest BCUT2D eigenvalue weighted by molar-refractivity contribution is 0.344. The average molecular weight is 319 g/mol. The molecule has 0 aliphatic rings. The van der Waals surface area contributed by atoms with Crippen molar-refractivity contribution < 1.29 is 0 Å². The van der Waals surface area contributed by atoms with Crippen LogP contribution >= 0.6 is 0 Å². The minimum Gasteiger partial charge on any atom is -0.354 e. The zero-order valence-corrected chi connectivity index (χ0v) is 14.4. The minimum absolute atomic E-state index is 0.